The minimum atomic E-state index is 0.750. The Labute approximate surface area is 73.4 Å². The highest BCUT2D eigenvalue weighted by Crippen LogP contribution is 2.39. The van der Waals surface area contributed by atoms with Gasteiger partial charge in [-0.25, -0.2) is 0 Å². The Morgan fingerprint density at radius 2 is 1.75 bits per heavy atom. The Bertz CT molecular complexity index is 224. The van der Waals surface area contributed by atoms with Crippen LogP contribution in [0.1, 0.15) is 31.2 Å². The van der Waals surface area contributed by atoms with Crippen LogP contribution in [0.5, 0.6) is 0 Å². The first-order chi connectivity index (χ1) is 5.88. The zero-order chi connectivity index (χ0) is 8.81. The van der Waals surface area contributed by atoms with E-state index in [9.17, 15) is 0 Å². The molecular formula is C11H14O. The van der Waals surface area contributed by atoms with Crippen molar-refractivity contribution in [3.8, 4) is 0 Å². The lowest BCUT2D eigenvalue weighted by Gasteiger charge is -1.92. The lowest BCUT2D eigenvalue weighted by Crippen LogP contribution is -1.73. The van der Waals surface area contributed by atoms with Gasteiger partial charge in [0.15, 0.2) is 0 Å². The topological polar surface area (TPSA) is 17.1 Å². The van der Waals surface area contributed by atoms with Crippen LogP contribution in [0.3, 0.4) is 0 Å². The minimum Gasteiger partial charge on any atom is -0.304 e. The summed E-state index contributed by atoms with van der Waals surface area (Å²) in [6.07, 6.45) is 3.56. The molecule has 0 amide bonds. The smallest absolute Gasteiger partial charge is 0.116 e. The predicted octanol–water partition coefficient (Wildman–Crippen LogP) is 2.77. The summed E-state index contributed by atoms with van der Waals surface area (Å²) in [6, 6.07) is 10.8. The molecule has 0 spiro atoms. The molecule has 64 valence electrons. The zero-order valence-corrected chi connectivity index (χ0v) is 7.36. The summed E-state index contributed by atoms with van der Waals surface area (Å²) in [5.41, 5.74) is 1.53. The standard InChI is InChI=1S/C9H10.C2H4O/c1-2-4-8(5-3-1)9-6-7-9;1-2-3/h1-5,9H,6-7H2;2H,1H3. The molecule has 1 aromatic rings. The maximum absolute atomic E-state index is 8.81. The number of rotatable bonds is 1. The molecule has 0 unspecified atom stereocenters. The molecule has 12 heavy (non-hydrogen) atoms. The molecule has 1 aromatic carbocycles. The van der Waals surface area contributed by atoms with Gasteiger partial charge in [0.1, 0.15) is 6.29 Å². The average molecular weight is 162 g/mol. The number of hydrogen-bond donors (Lipinski definition) is 0. The largest absolute Gasteiger partial charge is 0.304 e. The molecule has 0 saturated heterocycles. The van der Waals surface area contributed by atoms with Gasteiger partial charge in [0.2, 0.25) is 0 Å². The molecular weight excluding hydrogens is 148 g/mol. The van der Waals surface area contributed by atoms with E-state index in [1.54, 1.807) is 0 Å². The Kier molecular flexibility index (Phi) is 3.52. The molecule has 1 fully saturated rings. The summed E-state index contributed by atoms with van der Waals surface area (Å²) < 4.78 is 0. The van der Waals surface area contributed by atoms with Gasteiger partial charge in [-0.05, 0) is 31.2 Å². The molecule has 0 aliphatic heterocycles. The van der Waals surface area contributed by atoms with Crippen LogP contribution in [-0.4, -0.2) is 6.29 Å². The Balaban J connectivity index is 0.000000213. The molecule has 0 N–H and O–H groups in total. The molecule has 0 radical (unpaired) electrons. The van der Waals surface area contributed by atoms with Crippen LogP contribution in [0.15, 0.2) is 30.3 Å². The molecule has 0 heterocycles. The van der Waals surface area contributed by atoms with Crippen molar-refractivity contribution in [1.82, 2.24) is 0 Å². The molecule has 1 aliphatic carbocycles. The molecule has 0 aromatic heterocycles. The fraction of sp³-hybridized carbons (Fsp3) is 0.364. The van der Waals surface area contributed by atoms with E-state index in [0.717, 1.165) is 12.2 Å². The van der Waals surface area contributed by atoms with Crippen LogP contribution in [0, 0.1) is 0 Å². The Morgan fingerprint density at radius 1 is 1.25 bits per heavy atom. The highest BCUT2D eigenvalue weighted by Gasteiger charge is 2.22. The monoisotopic (exact) mass is 162 g/mol. The van der Waals surface area contributed by atoms with E-state index in [1.807, 2.05) is 0 Å². The number of hydrogen-bond acceptors (Lipinski definition) is 1. The van der Waals surface area contributed by atoms with Crippen molar-refractivity contribution < 1.29 is 4.79 Å². The first kappa shape index (κ1) is 8.98. The number of aldehydes is 1. The van der Waals surface area contributed by atoms with E-state index in [4.69, 9.17) is 4.79 Å². The molecule has 1 heteroatoms. The van der Waals surface area contributed by atoms with Gasteiger partial charge in [0.25, 0.3) is 0 Å². The van der Waals surface area contributed by atoms with Crippen LogP contribution < -0.4 is 0 Å². The minimum absolute atomic E-state index is 0.750. The maximum atomic E-state index is 8.81. The van der Waals surface area contributed by atoms with E-state index in [2.05, 4.69) is 30.3 Å². The molecule has 1 aliphatic rings. The second-order valence-electron chi connectivity index (χ2n) is 2.92. The molecule has 0 bridgehead atoms. The number of carbonyl (C=O) groups excluding carboxylic acids is 1. The van der Waals surface area contributed by atoms with E-state index < -0.39 is 0 Å². The van der Waals surface area contributed by atoms with Crippen LogP contribution in [-0.2, 0) is 4.79 Å². The summed E-state index contributed by atoms with van der Waals surface area (Å²) in [7, 11) is 0. The van der Waals surface area contributed by atoms with Crippen LogP contribution >= 0.6 is 0 Å². The van der Waals surface area contributed by atoms with Gasteiger partial charge in [-0.15, -0.1) is 0 Å². The summed E-state index contributed by atoms with van der Waals surface area (Å²) in [5.74, 6) is 0.909. The Morgan fingerprint density at radius 3 is 2.17 bits per heavy atom. The lowest BCUT2D eigenvalue weighted by atomic mass is 10.1. The summed E-state index contributed by atoms with van der Waals surface area (Å²) in [5, 5.41) is 0. The van der Waals surface area contributed by atoms with Crippen LogP contribution in [0.25, 0.3) is 0 Å². The van der Waals surface area contributed by atoms with Gasteiger partial charge in [-0.1, -0.05) is 30.3 Å². The highest BCUT2D eigenvalue weighted by atomic mass is 16.1. The predicted molar refractivity (Wildman–Crippen MR) is 50.2 cm³/mol. The lowest BCUT2D eigenvalue weighted by molar-refractivity contribution is -0.106. The van der Waals surface area contributed by atoms with Crippen molar-refractivity contribution >= 4 is 6.29 Å². The third-order valence-electron chi connectivity index (χ3n) is 1.85. The first-order valence-corrected chi connectivity index (χ1v) is 4.33. The fourth-order valence-corrected chi connectivity index (χ4v) is 1.14. The molecule has 1 nitrogen and oxygen atoms in total. The van der Waals surface area contributed by atoms with Gasteiger partial charge in [0, 0.05) is 0 Å². The number of carbonyl (C=O) groups is 1. The van der Waals surface area contributed by atoms with Crippen LogP contribution in [0.2, 0.25) is 0 Å². The number of benzene rings is 1. The third kappa shape index (κ3) is 2.87. The SMILES string of the molecule is CC=O.c1ccc(C2CC2)cc1. The molecule has 1 saturated carbocycles. The summed E-state index contributed by atoms with van der Waals surface area (Å²) in [6.45, 7) is 1.44. The van der Waals surface area contributed by atoms with Crippen molar-refractivity contribution in [3.05, 3.63) is 35.9 Å². The van der Waals surface area contributed by atoms with Crippen molar-refractivity contribution in [1.29, 1.82) is 0 Å². The maximum Gasteiger partial charge on any atom is 0.116 e. The second-order valence-corrected chi connectivity index (χ2v) is 2.92. The molecule has 0 atom stereocenters. The summed E-state index contributed by atoms with van der Waals surface area (Å²) >= 11 is 0. The van der Waals surface area contributed by atoms with Crippen molar-refractivity contribution in [2.75, 3.05) is 0 Å². The van der Waals surface area contributed by atoms with E-state index >= 15 is 0 Å². The Hall–Kier alpha value is -1.11. The van der Waals surface area contributed by atoms with Crippen LogP contribution in [0.4, 0.5) is 0 Å². The third-order valence-corrected chi connectivity index (χ3v) is 1.85. The van der Waals surface area contributed by atoms with E-state index in [-0.39, 0.29) is 0 Å². The van der Waals surface area contributed by atoms with Gasteiger partial charge in [0.05, 0.1) is 0 Å². The van der Waals surface area contributed by atoms with Gasteiger partial charge >= 0.3 is 0 Å². The van der Waals surface area contributed by atoms with Crippen molar-refractivity contribution in [2.24, 2.45) is 0 Å². The van der Waals surface area contributed by atoms with Gasteiger partial charge in [-0.3, -0.25) is 0 Å². The van der Waals surface area contributed by atoms with Gasteiger partial charge < -0.3 is 4.79 Å². The average Bonchev–Trinajstić information content (AvgIpc) is 2.90. The summed E-state index contributed by atoms with van der Waals surface area (Å²) in [4.78, 5) is 8.81. The van der Waals surface area contributed by atoms with Crippen molar-refractivity contribution in [2.45, 2.75) is 25.7 Å². The van der Waals surface area contributed by atoms with Gasteiger partial charge in [-0.2, -0.15) is 0 Å². The highest BCUT2D eigenvalue weighted by molar-refractivity contribution is 5.44. The van der Waals surface area contributed by atoms with E-state index in [1.165, 1.54) is 25.3 Å². The fourth-order valence-electron chi connectivity index (χ4n) is 1.14. The second kappa shape index (κ2) is 4.70. The van der Waals surface area contributed by atoms with E-state index in [0.29, 0.717) is 0 Å². The zero-order valence-electron chi connectivity index (χ0n) is 7.36. The first-order valence-electron chi connectivity index (χ1n) is 4.33. The normalized spacial score (nSPS) is 14.4. The molecule has 2 rings (SSSR count). The quantitative estimate of drug-likeness (QED) is 0.580. The van der Waals surface area contributed by atoms with Crippen molar-refractivity contribution in [3.63, 3.8) is 0 Å².